The lowest BCUT2D eigenvalue weighted by molar-refractivity contribution is 0.136. The van der Waals surface area contributed by atoms with Gasteiger partial charge in [0.2, 0.25) is 0 Å². The van der Waals surface area contributed by atoms with Crippen LogP contribution >= 0.6 is 0 Å². The largest absolute Gasteiger partial charge is 0.449 e. The van der Waals surface area contributed by atoms with Gasteiger partial charge in [0.05, 0.1) is 12.3 Å². The van der Waals surface area contributed by atoms with Crippen LogP contribution in [0.5, 0.6) is 0 Å². The van der Waals surface area contributed by atoms with Crippen molar-refractivity contribution in [1.29, 1.82) is 0 Å². The Kier molecular flexibility index (Phi) is 8.22. The maximum atomic E-state index is 12.0. The number of azo groups is 1. The Balaban J connectivity index is 1.89. The first-order chi connectivity index (χ1) is 13.1. The van der Waals surface area contributed by atoms with Crippen LogP contribution in [0.3, 0.4) is 0 Å². The number of nitrogens with zero attached hydrogens (tertiary/aromatic N) is 3. The highest BCUT2D eigenvalue weighted by Crippen LogP contribution is 2.24. The van der Waals surface area contributed by atoms with Crippen LogP contribution in [-0.2, 0) is 4.74 Å². The molecule has 0 radical (unpaired) electrons. The summed E-state index contributed by atoms with van der Waals surface area (Å²) in [6.07, 6.45) is 3.79. The fourth-order valence-corrected chi connectivity index (χ4v) is 2.46. The van der Waals surface area contributed by atoms with Crippen molar-refractivity contribution in [1.82, 2.24) is 4.98 Å². The zero-order valence-corrected chi connectivity index (χ0v) is 15.9. The third-order valence-electron chi connectivity index (χ3n) is 4.16. The number of nitrogen functional groups attached to an aromatic ring is 1. The molecule has 1 aromatic heterocycles. The monoisotopic (exact) mass is 369 g/mol. The molecular weight excluding hydrogens is 342 g/mol. The molecule has 0 aliphatic carbocycles. The van der Waals surface area contributed by atoms with E-state index in [0.717, 1.165) is 31.4 Å². The summed E-state index contributed by atoms with van der Waals surface area (Å²) in [5, 5.41) is 10.8. The number of pyridine rings is 1. The van der Waals surface area contributed by atoms with E-state index in [0.29, 0.717) is 24.0 Å². The van der Waals surface area contributed by atoms with Gasteiger partial charge < -0.3 is 10.5 Å². The number of nitrogens with one attached hydrogen (secondary N) is 1. The molecule has 1 unspecified atom stereocenters. The van der Waals surface area contributed by atoms with Gasteiger partial charge >= 0.3 is 6.09 Å². The molecule has 144 valence electrons. The molecule has 0 aliphatic rings. The first-order valence-corrected chi connectivity index (χ1v) is 9.29. The van der Waals surface area contributed by atoms with Crippen molar-refractivity contribution < 1.29 is 9.53 Å². The summed E-state index contributed by atoms with van der Waals surface area (Å²) in [6.45, 7) is 4.66. The molecule has 0 saturated carbocycles. The van der Waals surface area contributed by atoms with Crippen LogP contribution in [0.4, 0.5) is 27.8 Å². The number of amides is 1. The Hall–Kier alpha value is -2.96. The number of benzene rings is 1. The van der Waals surface area contributed by atoms with Crippen molar-refractivity contribution in [2.45, 2.75) is 39.5 Å². The summed E-state index contributed by atoms with van der Waals surface area (Å²) in [5.74, 6) is 0.883. The number of ether oxygens (including phenoxy) is 1. The van der Waals surface area contributed by atoms with Crippen molar-refractivity contribution >= 4 is 29.1 Å². The highest BCUT2D eigenvalue weighted by atomic mass is 16.5. The number of carbonyl (C=O) groups is 1. The maximum absolute atomic E-state index is 12.0. The van der Waals surface area contributed by atoms with Crippen molar-refractivity contribution in [2.24, 2.45) is 16.1 Å². The molecular formula is C20H27N5O2. The van der Waals surface area contributed by atoms with Crippen LogP contribution in [0.15, 0.2) is 52.7 Å². The third-order valence-corrected chi connectivity index (χ3v) is 4.16. The van der Waals surface area contributed by atoms with Crippen molar-refractivity contribution in [2.75, 3.05) is 17.7 Å². The van der Waals surface area contributed by atoms with E-state index in [1.807, 2.05) is 30.3 Å². The molecule has 7 heteroatoms. The van der Waals surface area contributed by atoms with E-state index >= 15 is 0 Å². The summed E-state index contributed by atoms with van der Waals surface area (Å²) >= 11 is 0. The lowest BCUT2D eigenvalue weighted by Crippen LogP contribution is -2.19. The lowest BCUT2D eigenvalue weighted by Gasteiger charge is -2.14. The molecule has 1 aromatic carbocycles. The Morgan fingerprint density at radius 1 is 1.19 bits per heavy atom. The molecule has 27 heavy (non-hydrogen) atoms. The zero-order valence-electron chi connectivity index (χ0n) is 15.9. The topological polar surface area (TPSA) is 102 Å². The van der Waals surface area contributed by atoms with E-state index in [2.05, 4.69) is 34.4 Å². The van der Waals surface area contributed by atoms with Crippen LogP contribution in [0.25, 0.3) is 0 Å². The summed E-state index contributed by atoms with van der Waals surface area (Å²) in [7, 11) is 0. The minimum absolute atomic E-state index is 0.182. The van der Waals surface area contributed by atoms with Gasteiger partial charge in [0.1, 0.15) is 11.5 Å². The normalized spacial score (nSPS) is 12.1. The van der Waals surface area contributed by atoms with E-state index in [4.69, 9.17) is 10.5 Å². The van der Waals surface area contributed by atoms with E-state index < -0.39 is 6.09 Å². The second kappa shape index (κ2) is 10.9. The van der Waals surface area contributed by atoms with Gasteiger partial charge in [-0.2, -0.15) is 5.11 Å². The molecule has 7 nitrogen and oxygen atoms in total. The minimum Gasteiger partial charge on any atom is -0.449 e. The Bertz CT molecular complexity index is 749. The van der Waals surface area contributed by atoms with Crippen LogP contribution in [0.2, 0.25) is 0 Å². The molecule has 0 bridgehead atoms. The lowest BCUT2D eigenvalue weighted by atomic mass is 10.0. The molecule has 0 saturated heterocycles. The van der Waals surface area contributed by atoms with Gasteiger partial charge in [-0.1, -0.05) is 51.3 Å². The second-order valence-corrected chi connectivity index (χ2v) is 6.28. The van der Waals surface area contributed by atoms with Gasteiger partial charge in [0.25, 0.3) is 0 Å². The summed E-state index contributed by atoms with van der Waals surface area (Å²) in [6, 6.07) is 12.6. The average Bonchev–Trinajstić information content (AvgIpc) is 2.68. The standard InChI is InChI=1S/C20H27N5O2/c1-3-5-9-15(4-2)14-27-20(26)23-18-13-12-17(19(21)22-18)25-24-16-10-7-6-8-11-16/h6-8,10-13,15H,3-5,9,14H2,1-2H3,(H3,21,22,23,26). The number of hydrogen-bond donors (Lipinski definition) is 2. The van der Waals surface area contributed by atoms with Gasteiger partial charge in [-0.3, -0.25) is 5.32 Å². The number of unbranched alkanes of at least 4 members (excludes halogenated alkanes) is 1. The number of aromatic nitrogens is 1. The highest BCUT2D eigenvalue weighted by molar-refractivity contribution is 5.84. The van der Waals surface area contributed by atoms with Gasteiger partial charge in [0, 0.05) is 0 Å². The Morgan fingerprint density at radius 2 is 1.96 bits per heavy atom. The number of nitrogens with two attached hydrogens (primary N) is 1. The van der Waals surface area contributed by atoms with Gasteiger partial charge in [0.15, 0.2) is 5.82 Å². The number of hydrogen-bond acceptors (Lipinski definition) is 6. The fraction of sp³-hybridized carbons (Fsp3) is 0.400. The summed E-state index contributed by atoms with van der Waals surface area (Å²) in [5.41, 5.74) is 7.06. The quantitative estimate of drug-likeness (QED) is 0.542. The van der Waals surface area contributed by atoms with Crippen molar-refractivity contribution in [3.63, 3.8) is 0 Å². The predicted molar refractivity (Wildman–Crippen MR) is 108 cm³/mol. The highest BCUT2D eigenvalue weighted by Gasteiger charge is 2.11. The molecule has 0 fully saturated rings. The summed E-state index contributed by atoms with van der Waals surface area (Å²) in [4.78, 5) is 16.1. The van der Waals surface area contributed by atoms with Crippen LogP contribution in [0.1, 0.15) is 39.5 Å². The molecule has 2 aromatic rings. The van der Waals surface area contributed by atoms with Crippen LogP contribution in [0, 0.1) is 5.92 Å². The van der Waals surface area contributed by atoms with Gasteiger partial charge in [-0.15, -0.1) is 5.11 Å². The SMILES string of the molecule is CCCCC(CC)COC(=O)Nc1ccc(N=Nc2ccccc2)c(N)n1. The molecule has 1 heterocycles. The number of anilines is 2. The smallest absolute Gasteiger partial charge is 0.412 e. The average molecular weight is 369 g/mol. The molecule has 0 spiro atoms. The molecule has 2 rings (SSSR count). The molecule has 1 atom stereocenters. The van der Waals surface area contributed by atoms with E-state index in [9.17, 15) is 4.79 Å². The van der Waals surface area contributed by atoms with Crippen LogP contribution < -0.4 is 11.1 Å². The van der Waals surface area contributed by atoms with Crippen LogP contribution in [-0.4, -0.2) is 17.7 Å². The minimum atomic E-state index is -0.532. The second-order valence-electron chi connectivity index (χ2n) is 6.28. The van der Waals surface area contributed by atoms with Gasteiger partial charge in [-0.25, -0.2) is 9.78 Å². The van der Waals surface area contributed by atoms with E-state index in [1.54, 1.807) is 12.1 Å². The summed E-state index contributed by atoms with van der Waals surface area (Å²) < 4.78 is 5.30. The van der Waals surface area contributed by atoms with E-state index in [1.165, 1.54) is 0 Å². The fourth-order valence-electron chi connectivity index (χ4n) is 2.46. The molecule has 3 N–H and O–H groups in total. The van der Waals surface area contributed by atoms with Gasteiger partial charge in [-0.05, 0) is 36.6 Å². The van der Waals surface area contributed by atoms with Crippen molar-refractivity contribution in [3.05, 3.63) is 42.5 Å². The Labute approximate surface area is 160 Å². The first kappa shape index (κ1) is 20.4. The number of rotatable bonds is 9. The predicted octanol–water partition coefficient (Wildman–Crippen LogP) is 5.84. The molecule has 0 aliphatic heterocycles. The van der Waals surface area contributed by atoms with Crippen molar-refractivity contribution in [3.8, 4) is 0 Å². The maximum Gasteiger partial charge on any atom is 0.412 e. The molecule has 1 amide bonds. The first-order valence-electron chi connectivity index (χ1n) is 9.29. The number of carbonyl (C=O) groups excluding carboxylic acids is 1. The van der Waals surface area contributed by atoms with E-state index in [-0.39, 0.29) is 5.82 Å². The zero-order chi connectivity index (χ0) is 19.5. The Morgan fingerprint density at radius 3 is 2.63 bits per heavy atom. The third kappa shape index (κ3) is 7.05.